The van der Waals surface area contributed by atoms with Gasteiger partial charge in [0.05, 0.1) is 11.8 Å². The smallest absolute Gasteiger partial charge is 0.275 e. The molecule has 0 radical (unpaired) electrons. The van der Waals surface area contributed by atoms with Crippen molar-refractivity contribution < 1.29 is 9.53 Å². The molecule has 1 amide bonds. The summed E-state index contributed by atoms with van der Waals surface area (Å²) < 4.78 is 5.81. The van der Waals surface area contributed by atoms with Crippen LogP contribution in [0.3, 0.4) is 0 Å². The number of amides is 1. The first-order valence-electron chi connectivity index (χ1n) is 8.48. The summed E-state index contributed by atoms with van der Waals surface area (Å²) in [6.07, 6.45) is 1.61. The van der Waals surface area contributed by atoms with Gasteiger partial charge in [-0.2, -0.15) is 5.10 Å². The first-order chi connectivity index (χ1) is 13.1. The lowest BCUT2D eigenvalue weighted by Crippen LogP contribution is -2.18. The maximum Gasteiger partial charge on any atom is 0.275 e. The van der Waals surface area contributed by atoms with Crippen LogP contribution in [0.25, 0.3) is 0 Å². The summed E-state index contributed by atoms with van der Waals surface area (Å²) in [6, 6.07) is 22.3. The van der Waals surface area contributed by atoms with Crippen molar-refractivity contribution in [1.29, 1.82) is 0 Å². The highest BCUT2D eigenvalue weighted by Gasteiger charge is 2.11. The Kier molecular flexibility index (Phi) is 6.23. The van der Waals surface area contributed by atoms with E-state index in [2.05, 4.69) is 10.5 Å². The van der Waals surface area contributed by atoms with Gasteiger partial charge in [-0.15, -0.1) is 0 Å². The van der Waals surface area contributed by atoms with Crippen LogP contribution in [0.15, 0.2) is 77.9 Å². The minimum atomic E-state index is -0.329. The molecule has 0 aliphatic carbocycles. The summed E-state index contributed by atoms with van der Waals surface area (Å²) in [7, 11) is 0. The minimum absolute atomic E-state index is 0.329. The molecule has 0 unspecified atom stereocenters. The average molecular weight is 379 g/mol. The quantitative estimate of drug-likeness (QED) is 0.485. The van der Waals surface area contributed by atoms with Crippen LogP contribution in [-0.2, 0) is 6.61 Å². The topological polar surface area (TPSA) is 50.7 Å². The first-order valence-corrected chi connectivity index (χ1v) is 8.86. The van der Waals surface area contributed by atoms with Crippen molar-refractivity contribution in [2.75, 3.05) is 0 Å². The molecule has 0 spiro atoms. The van der Waals surface area contributed by atoms with Crippen molar-refractivity contribution in [3.63, 3.8) is 0 Å². The lowest BCUT2D eigenvalue weighted by molar-refractivity contribution is 0.0950. The van der Waals surface area contributed by atoms with Gasteiger partial charge >= 0.3 is 0 Å². The number of rotatable bonds is 6. The predicted molar refractivity (Wildman–Crippen MR) is 108 cm³/mol. The normalized spacial score (nSPS) is 10.7. The molecule has 0 aliphatic heterocycles. The number of hydrogen-bond acceptors (Lipinski definition) is 3. The Bertz CT molecular complexity index is 935. The maximum atomic E-state index is 12.4. The summed E-state index contributed by atoms with van der Waals surface area (Å²) in [4.78, 5) is 12.4. The molecule has 27 heavy (non-hydrogen) atoms. The molecule has 0 aromatic heterocycles. The number of hydrogen-bond donors (Lipinski definition) is 1. The highest BCUT2D eigenvalue weighted by molar-refractivity contribution is 6.30. The number of carbonyl (C=O) groups is 1. The zero-order chi connectivity index (χ0) is 19.1. The van der Waals surface area contributed by atoms with E-state index in [1.807, 2.05) is 49.4 Å². The predicted octanol–water partition coefficient (Wildman–Crippen LogP) is 4.99. The summed E-state index contributed by atoms with van der Waals surface area (Å²) >= 11 is 5.89. The fourth-order valence-corrected chi connectivity index (χ4v) is 2.53. The van der Waals surface area contributed by atoms with Crippen LogP contribution in [0.5, 0.6) is 5.75 Å². The molecular weight excluding hydrogens is 360 g/mol. The summed E-state index contributed by atoms with van der Waals surface area (Å²) in [6.45, 7) is 2.36. The number of aryl methyl sites for hydroxylation is 1. The number of nitrogens with zero attached hydrogens (tertiary/aromatic N) is 1. The van der Waals surface area contributed by atoms with Gasteiger partial charge in [-0.1, -0.05) is 65.7 Å². The second kappa shape index (κ2) is 9.01. The molecule has 0 heterocycles. The van der Waals surface area contributed by atoms with E-state index in [0.717, 1.165) is 11.1 Å². The molecule has 4 nitrogen and oxygen atoms in total. The molecule has 0 atom stereocenters. The number of carbonyl (C=O) groups excluding carboxylic acids is 1. The Labute approximate surface area is 163 Å². The van der Waals surface area contributed by atoms with Crippen LogP contribution >= 0.6 is 11.6 Å². The van der Waals surface area contributed by atoms with Crippen molar-refractivity contribution in [1.82, 2.24) is 5.43 Å². The van der Waals surface area contributed by atoms with Crippen LogP contribution in [0, 0.1) is 6.92 Å². The van der Waals surface area contributed by atoms with Gasteiger partial charge in [-0.3, -0.25) is 4.79 Å². The van der Waals surface area contributed by atoms with E-state index in [1.54, 1.807) is 36.5 Å². The average Bonchev–Trinajstić information content (AvgIpc) is 2.69. The number of ether oxygens (including phenoxy) is 1. The van der Waals surface area contributed by atoms with Gasteiger partial charge in [0.25, 0.3) is 5.91 Å². The SMILES string of the molecule is Cc1ccc(C=NNC(=O)c2ccccc2OCc2ccc(Cl)cc2)cc1. The lowest BCUT2D eigenvalue weighted by atomic mass is 10.2. The highest BCUT2D eigenvalue weighted by atomic mass is 35.5. The summed E-state index contributed by atoms with van der Waals surface area (Å²) in [5.41, 5.74) is 6.01. The van der Waals surface area contributed by atoms with E-state index in [-0.39, 0.29) is 5.91 Å². The standard InChI is InChI=1S/C22H19ClN2O2/c1-16-6-8-17(9-7-16)14-24-25-22(26)20-4-2-3-5-21(20)27-15-18-10-12-19(23)13-11-18/h2-14H,15H2,1H3,(H,25,26). The third kappa shape index (κ3) is 5.43. The molecule has 0 aliphatic rings. The molecule has 0 bridgehead atoms. The van der Waals surface area contributed by atoms with Crippen LogP contribution in [-0.4, -0.2) is 12.1 Å². The van der Waals surface area contributed by atoms with E-state index in [1.165, 1.54) is 5.56 Å². The van der Waals surface area contributed by atoms with Gasteiger partial charge in [0.2, 0.25) is 0 Å². The Balaban J connectivity index is 1.64. The number of halogens is 1. The van der Waals surface area contributed by atoms with Gasteiger partial charge in [0, 0.05) is 5.02 Å². The lowest BCUT2D eigenvalue weighted by Gasteiger charge is -2.10. The van der Waals surface area contributed by atoms with Crippen molar-refractivity contribution in [2.45, 2.75) is 13.5 Å². The van der Waals surface area contributed by atoms with E-state index in [4.69, 9.17) is 16.3 Å². The van der Waals surface area contributed by atoms with E-state index in [9.17, 15) is 4.79 Å². The van der Waals surface area contributed by atoms with Crippen LogP contribution in [0.2, 0.25) is 5.02 Å². The molecular formula is C22H19ClN2O2. The van der Waals surface area contributed by atoms with Crippen LogP contribution in [0.4, 0.5) is 0 Å². The monoisotopic (exact) mass is 378 g/mol. The summed E-state index contributed by atoms with van der Waals surface area (Å²) in [5, 5.41) is 4.69. The van der Waals surface area contributed by atoms with Gasteiger partial charge in [-0.05, 0) is 42.3 Å². The molecule has 5 heteroatoms. The number of hydrazone groups is 1. The fraction of sp³-hybridized carbons (Fsp3) is 0.0909. The van der Waals surface area contributed by atoms with E-state index < -0.39 is 0 Å². The number of para-hydroxylation sites is 1. The van der Waals surface area contributed by atoms with Crippen LogP contribution in [0.1, 0.15) is 27.0 Å². The molecule has 3 rings (SSSR count). The summed E-state index contributed by atoms with van der Waals surface area (Å²) in [5.74, 6) is 0.167. The van der Waals surface area contributed by atoms with Crippen molar-refractivity contribution >= 4 is 23.7 Å². The van der Waals surface area contributed by atoms with Gasteiger partial charge in [-0.25, -0.2) is 5.43 Å². The minimum Gasteiger partial charge on any atom is -0.488 e. The second-order valence-electron chi connectivity index (χ2n) is 6.02. The van der Waals surface area contributed by atoms with Crippen molar-refractivity contribution in [3.8, 4) is 5.75 Å². The largest absolute Gasteiger partial charge is 0.488 e. The molecule has 3 aromatic rings. The highest BCUT2D eigenvalue weighted by Crippen LogP contribution is 2.20. The fourth-order valence-electron chi connectivity index (χ4n) is 2.40. The van der Waals surface area contributed by atoms with Gasteiger partial charge in [0.15, 0.2) is 0 Å². The maximum absolute atomic E-state index is 12.4. The molecule has 0 saturated heterocycles. The number of nitrogens with one attached hydrogen (secondary N) is 1. The zero-order valence-electron chi connectivity index (χ0n) is 14.9. The zero-order valence-corrected chi connectivity index (χ0v) is 15.6. The van der Waals surface area contributed by atoms with Crippen LogP contribution < -0.4 is 10.2 Å². The molecule has 0 saturated carbocycles. The Morgan fingerprint density at radius 2 is 1.74 bits per heavy atom. The van der Waals surface area contributed by atoms with Crippen molar-refractivity contribution in [3.05, 3.63) is 100 Å². The Morgan fingerprint density at radius 3 is 2.48 bits per heavy atom. The Morgan fingerprint density at radius 1 is 1.04 bits per heavy atom. The molecule has 1 N–H and O–H groups in total. The molecule has 0 fully saturated rings. The van der Waals surface area contributed by atoms with E-state index in [0.29, 0.717) is 22.9 Å². The molecule has 136 valence electrons. The third-order valence-corrected chi connectivity index (χ3v) is 4.15. The Hall–Kier alpha value is -3.11. The first kappa shape index (κ1) is 18.7. The third-order valence-electron chi connectivity index (χ3n) is 3.90. The second-order valence-corrected chi connectivity index (χ2v) is 6.46. The van der Waals surface area contributed by atoms with Gasteiger partial charge < -0.3 is 4.74 Å². The molecule has 3 aromatic carbocycles. The van der Waals surface area contributed by atoms with Gasteiger partial charge in [0.1, 0.15) is 12.4 Å². The van der Waals surface area contributed by atoms with E-state index >= 15 is 0 Å². The number of benzene rings is 3. The van der Waals surface area contributed by atoms with Crippen molar-refractivity contribution in [2.24, 2.45) is 5.10 Å².